The summed E-state index contributed by atoms with van der Waals surface area (Å²) in [7, 11) is 1.63. The fourth-order valence-electron chi connectivity index (χ4n) is 4.25. The van der Waals surface area contributed by atoms with Crippen LogP contribution in [0.4, 0.5) is 4.79 Å². The van der Waals surface area contributed by atoms with Gasteiger partial charge in [-0.1, -0.05) is 56.3 Å². The van der Waals surface area contributed by atoms with Crippen molar-refractivity contribution in [3.8, 4) is 5.75 Å². The summed E-state index contributed by atoms with van der Waals surface area (Å²) in [6.45, 7) is 6.26. The maximum absolute atomic E-state index is 13.7. The molecule has 8 nitrogen and oxygen atoms in total. The SMILES string of the molecule is CCCN(CCC)C(=O)N(CCC(N)=O)[C@@H](Cc1ccccc1)[C@H](O)CNCc1cccc(OC)c1. The number of amides is 3. The second kappa shape index (κ2) is 15.8. The van der Waals surface area contributed by atoms with Crippen molar-refractivity contribution in [1.29, 1.82) is 0 Å². The van der Waals surface area contributed by atoms with Crippen LogP contribution in [0.2, 0.25) is 0 Å². The van der Waals surface area contributed by atoms with Crippen LogP contribution in [0, 0.1) is 0 Å². The van der Waals surface area contributed by atoms with Crippen LogP contribution in [-0.4, -0.2) is 72.3 Å². The molecule has 0 saturated heterocycles. The number of aliphatic hydroxyl groups excluding tert-OH is 1. The molecule has 2 atom stereocenters. The predicted molar refractivity (Wildman–Crippen MR) is 143 cm³/mol. The molecule has 0 unspecified atom stereocenters. The van der Waals surface area contributed by atoms with Crippen LogP contribution in [0.5, 0.6) is 5.75 Å². The van der Waals surface area contributed by atoms with E-state index in [1.807, 2.05) is 68.4 Å². The van der Waals surface area contributed by atoms with Crippen LogP contribution in [-0.2, 0) is 17.8 Å². The van der Waals surface area contributed by atoms with Crippen LogP contribution in [0.25, 0.3) is 0 Å². The molecule has 0 aliphatic heterocycles. The van der Waals surface area contributed by atoms with Gasteiger partial charge in [-0.25, -0.2) is 4.79 Å². The van der Waals surface area contributed by atoms with Gasteiger partial charge in [0.2, 0.25) is 5.91 Å². The van der Waals surface area contributed by atoms with Crippen LogP contribution >= 0.6 is 0 Å². The third-order valence-electron chi connectivity index (χ3n) is 6.05. The summed E-state index contributed by atoms with van der Waals surface area (Å²) in [5.74, 6) is 0.293. The Morgan fingerprint density at radius 2 is 1.67 bits per heavy atom. The number of nitrogens with one attached hydrogen (secondary N) is 1. The Morgan fingerprint density at radius 3 is 2.28 bits per heavy atom. The second-order valence-corrected chi connectivity index (χ2v) is 8.99. The van der Waals surface area contributed by atoms with Gasteiger partial charge >= 0.3 is 6.03 Å². The lowest BCUT2D eigenvalue weighted by Crippen LogP contribution is -2.56. The fraction of sp³-hybridized carbons (Fsp3) is 0.500. The number of nitrogens with two attached hydrogens (primary N) is 1. The number of hydrogen-bond acceptors (Lipinski definition) is 5. The van der Waals surface area contributed by atoms with Crippen molar-refractivity contribution >= 4 is 11.9 Å². The van der Waals surface area contributed by atoms with E-state index in [4.69, 9.17) is 10.5 Å². The Balaban J connectivity index is 2.26. The van der Waals surface area contributed by atoms with E-state index in [1.54, 1.807) is 16.9 Å². The third-order valence-corrected chi connectivity index (χ3v) is 6.05. The van der Waals surface area contributed by atoms with Crippen molar-refractivity contribution in [2.45, 2.75) is 58.2 Å². The quantitative estimate of drug-likeness (QED) is 0.329. The molecule has 198 valence electrons. The number of hydrogen-bond donors (Lipinski definition) is 3. The number of urea groups is 1. The van der Waals surface area contributed by atoms with Crippen LogP contribution in [0.1, 0.15) is 44.2 Å². The van der Waals surface area contributed by atoms with Crippen molar-refractivity contribution < 1.29 is 19.4 Å². The molecule has 0 radical (unpaired) electrons. The van der Waals surface area contributed by atoms with E-state index in [0.717, 1.165) is 29.7 Å². The molecular weight excluding hydrogens is 456 g/mol. The number of primary amides is 1. The van der Waals surface area contributed by atoms with Gasteiger partial charge in [0.1, 0.15) is 5.75 Å². The van der Waals surface area contributed by atoms with Gasteiger partial charge in [0, 0.05) is 39.1 Å². The zero-order valence-electron chi connectivity index (χ0n) is 21.9. The lowest BCUT2D eigenvalue weighted by Gasteiger charge is -2.38. The maximum Gasteiger partial charge on any atom is 0.320 e. The minimum Gasteiger partial charge on any atom is -0.497 e. The zero-order valence-corrected chi connectivity index (χ0v) is 21.9. The molecule has 4 N–H and O–H groups in total. The number of carbonyl (C=O) groups is 2. The second-order valence-electron chi connectivity index (χ2n) is 8.99. The number of aliphatic hydroxyl groups is 1. The Morgan fingerprint density at radius 1 is 1.00 bits per heavy atom. The predicted octanol–water partition coefficient (Wildman–Crippen LogP) is 3.18. The van der Waals surface area contributed by atoms with Crippen molar-refractivity contribution in [2.75, 3.05) is 33.3 Å². The lowest BCUT2D eigenvalue weighted by molar-refractivity contribution is -0.118. The molecule has 2 aromatic carbocycles. The molecule has 0 aliphatic carbocycles. The number of nitrogens with zero attached hydrogens (tertiary/aromatic N) is 2. The molecular formula is C28H42N4O4. The largest absolute Gasteiger partial charge is 0.497 e. The monoisotopic (exact) mass is 498 g/mol. The highest BCUT2D eigenvalue weighted by Gasteiger charge is 2.32. The molecule has 0 heterocycles. The average molecular weight is 499 g/mol. The summed E-state index contributed by atoms with van der Waals surface area (Å²) < 4.78 is 5.29. The highest BCUT2D eigenvalue weighted by molar-refractivity contribution is 5.77. The number of benzene rings is 2. The van der Waals surface area contributed by atoms with Crippen LogP contribution in [0.15, 0.2) is 54.6 Å². The summed E-state index contributed by atoms with van der Waals surface area (Å²) in [6.07, 6.45) is 1.28. The Hall–Kier alpha value is -3.10. The van der Waals surface area contributed by atoms with Gasteiger partial charge < -0.3 is 30.7 Å². The number of methoxy groups -OCH3 is 1. The first kappa shape index (κ1) is 29.1. The Bertz CT molecular complexity index is 919. The molecule has 0 bridgehead atoms. The molecule has 0 fully saturated rings. The molecule has 8 heteroatoms. The normalized spacial score (nSPS) is 12.6. The minimum atomic E-state index is -0.863. The summed E-state index contributed by atoms with van der Waals surface area (Å²) in [4.78, 5) is 28.8. The summed E-state index contributed by atoms with van der Waals surface area (Å²) in [5, 5.41) is 14.7. The lowest BCUT2D eigenvalue weighted by atomic mass is 9.99. The van der Waals surface area contributed by atoms with Crippen molar-refractivity contribution in [1.82, 2.24) is 15.1 Å². The molecule has 0 saturated carbocycles. The molecule has 0 spiro atoms. The molecule has 2 rings (SSSR count). The van der Waals surface area contributed by atoms with Crippen LogP contribution < -0.4 is 15.8 Å². The van der Waals surface area contributed by atoms with Gasteiger partial charge in [-0.15, -0.1) is 0 Å². The standard InChI is InChI=1S/C28H42N4O4/c1-4-15-31(16-5-2)28(35)32(17-14-27(29)34)25(19-22-10-7-6-8-11-22)26(33)21-30-20-23-12-9-13-24(18-23)36-3/h6-13,18,25-26,30,33H,4-5,14-17,19-21H2,1-3H3,(H2,29,34)/t25-,26+/m0/s1. The fourth-order valence-corrected chi connectivity index (χ4v) is 4.25. The maximum atomic E-state index is 13.7. The van der Waals surface area contributed by atoms with E-state index in [9.17, 15) is 14.7 Å². The minimum absolute atomic E-state index is 0.0348. The average Bonchev–Trinajstić information content (AvgIpc) is 2.88. The first-order valence-electron chi connectivity index (χ1n) is 12.8. The van der Waals surface area contributed by atoms with E-state index >= 15 is 0 Å². The van der Waals surface area contributed by atoms with Crippen molar-refractivity contribution in [2.24, 2.45) is 5.73 Å². The smallest absolute Gasteiger partial charge is 0.320 e. The van der Waals surface area contributed by atoms with E-state index in [-0.39, 0.29) is 25.5 Å². The van der Waals surface area contributed by atoms with Gasteiger partial charge in [0.05, 0.1) is 19.3 Å². The summed E-state index contributed by atoms with van der Waals surface area (Å²) in [5.41, 5.74) is 7.49. The topological polar surface area (TPSA) is 108 Å². The van der Waals surface area contributed by atoms with Gasteiger partial charge in [-0.05, 0) is 42.5 Å². The summed E-state index contributed by atoms with van der Waals surface area (Å²) in [6, 6.07) is 16.8. The van der Waals surface area contributed by atoms with E-state index < -0.39 is 18.1 Å². The highest BCUT2D eigenvalue weighted by Crippen LogP contribution is 2.17. The third kappa shape index (κ3) is 9.51. The van der Waals surface area contributed by atoms with E-state index in [0.29, 0.717) is 26.1 Å². The van der Waals surface area contributed by atoms with Gasteiger partial charge in [-0.2, -0.15) is 0 Å². The van der Waals surface area contributed by atoms with Gasteiger partial charge in [0.15, 0.2) is 0 Å². The highest BCUT2D eigenvalue weighted by atomic mass is 16.5. The number of rotatable bonds is 16. The zero-order chi connectivity index (χ0) is 26.3. The molecule has 3 amide bonds. The van der Waals surface area contributed by atoms with Gasteiger partial charge in [-0.3, -0.25) is 4.79 Å². The van der Waals surface area contributed by atoms with E-state index in [2.05, 4.69) is 5.32 Å². The van der Waals surface area contributed by atoms with E-state index in [1.165, 1.54) is 0 Å². The first-order chi connectivity index (χ1) is 17.4. The number of ether oxygens (including phenoxy) is 1. The van der Waals surface area contributed by atoms with Crippen molar-refractivity contribution in [3.05, 3.63) is 65.7 Å². The molecule has 36 heavy (non-hydrogen) atoms. The molecule has 0 aromatic heterocycles. The Kier molecular flexibility index (Phi) is 12.8. The van der Waals surface area contributed by atoms with Crippen LogP contribution in [0.3, 0.4) is 0 Å². The molecule has 2 aromatic rings. The first-order valence-corrected chi connectivity index (χ1v) is 12.8. The van der Waals surface area contributed by atoms with Gasteiger partial charge in [0.25, 0.3) is 0 Å². The Labute approximate surface area is 215 Å². The number of carbonyl (C=O) groups excluding carboxylic acids is 2. The summed E-state index contributed by atoms with van der Waals surface area (Å²) >= 11 is 0. The molecule has 0 aliphatic rings. The van der Waals surface area contributed by atoms with Crippen molar-refractivity contribution in [3.63, 3.8) is 0 Å².